The fourth-order valence-corrected chi connectivity index (χ4v) is 4.02. The zero-order valence-electron chi connectivity index (χ0n) is 18.8. The number of hydrogen-bond acceptors (Lipinski definition) is 11. The lowest BCUT2D eigenvalue weighted by Crippen LogP contribution is -2.41. The number of carboxylic acids is 2. The van der Waals surface area contributed by atoms with Crippen LogP contribution in [0.3, 0.4) is 0 Å². The van der Waals surface area contributed by atoms with Gasteiger partial charge in [0.15, 0.2) is 17.0 Å². The van der Waals surface area contributed by atoms with E-state index in [4.69, 9.17) is 16.6 Å². The quantitative estimate of drug-likeness (QED) is 0.229. The van der Waals surface area contributed by atoms with Crippen LogP contribution >= 0.6 is 0 Å². The van der Waals surface area contributed by atoms with E-state index in [1.165, 1.54) is 30.5 Å². The lowest BCUT2D eigenvalue weighted by Gasteiger charge is -2.22. The standard InChI is InChI=1S/C20H22N8O7S/c1-36(34,35)28(9-11-8-23-17-15(24-11)16(21)26-20(22)27-17)12-4-2-10(3-5-12)18(31)25-13(19(32)33)6-7-14(29)30/h2-5,8,13H,6-7,9H2,1H3,(H,25,31)(H,29,30)(H,32,33)(H4,21,22,23,26,27)/t13-/m0/s1. The molecule has 0 radical (unpaired) electrons. The van der Waals surface area contributed by atoms with Crippen LogP contribution in [0.25, 0.3) is 11.2 Å². The maximum absolute atomic E-state index is 12.5. The number of nitrogens with two attached hydrogens (primary N) is 2. The number of fused-ring (bicyclic) bond motifs is 1. The first-order valence-electron chi connectivity index (χ1n) is 10.2. The molecule has 1 amide bonds. The maximum Gasteiger partial charge on any atom is 0.326 e. The van der Waals surface area contributed by atoms with Crippen molar-refractivity contribution in [2.24, 2.45) is 0 Å². The number of carboxylic acid groups (broad SMARTS) is 2. The van der Waals surface area contributed by atoms with Crippen molar-refractivity contribution < 1.29 is 33.0 Å². The van der Waals surface area contributed by atoms with Gasteiger partial charge in [0.1, 0.15) is 6.04 Å². The molecule has 0 spiro atoms. The number of aliphatic carboxylic acids is 2. The van der Waals surface area contributed by atoms with Gasteiger partial charge < -0.3 is 27.0 Å². The highest BCUT2D eigenvalue weighted by atomic mass is 32.2. The average Bonchev–Trinajstić information content (AvgIpc) is 2.79. The van der Waals surface area contributed by atoms with E-state index in [0.717, 1.165) is 10.6 Å². The smallest absolute Gasteiger partial charge is 0.326 e. The van der Waals surface area contributed by atoms with Gasteiger partial charge in [-0.15, -0.1) is 0 Å². The van der Waals surface area contributed by atoms with Crippen LogP contribution in [0.4, 0.5) is 17.5 Å². The minimum absolute atomic E-state index is 0.0175. The normalized spacial score (nSPS) is 12.1. The monoisotopic (exact) mass is 518 g/mol. The number of amides is 1. The van der Waals surface area contributed by atoms with E-state index in [1.807, 2.05) is 0 Å². The molecule has 0 saturated carbocycles. The summed E-state index contributed by atoms with van der Waals surface area (Å²) in [6.45, 7) is -0.229. The number of aromatic nitrogens is 4. The van der Waals surface area contributed by atoms with Crippen molar-refractivity contribution in [1.82, 2.24) is 25.3 Å². The fraction of sp³-hybridized carbons (Fsp3) is 0.250. The van der Waals surface area contributed by atoms with Gasteiger partial charge in [0.2, 0.25) is 16.0 Å². The zero-order valence-corrected chi connectivity index (χ0v) is 19.6. The zero-order chi connectivity index (χ0) is 26.6. The first kappa shape index (κ1) is 26.0. The van der Waals surface area contributed by atoms with Crippen LogP contribution in [-0.2, 0) is 26.2 Å². The molecule has 16 heteroatoms. The molecule has 1 atom stereocenters. The summed E-state index contributed by atoms with van der Waals surface area (Å²) in [7, 11) is -3.82. The molecule has 3 aromatic rings. The number of hydrogen-bond donors (Lipinski definition) is 5. The summed E-state index contributed by atoms with van der Waals surface area (Å²) in [6, 6.07) is 3.92. The third kappa shape index (κ3) is 6.29. The number of carbonyl (C=O) groups excluding carboxylic acids is 1. The molecular formula is C20H22N8O7S. The van der Waals surface area contributed by atoms with Crippen LogP contribution in [0.1, 0.15) is 28.9 Å². The first-order chi connectivity index (χ1) is 16.8. The topological polar surface area (TPSA) is 245 Å². The molecule has 2 heterocycles. The largest absolute Gasteiger partial charge is 0.481 e. The number of benzene rings is 1. The van der Waals surface area contributed by atoms with Gasteiger partial charge in [-0.1, -0.05) is 0 Å². The summed E-state index contributed by atoms with van der Waals surface area (Å²) in [5, 5.41) is 20.2. The van der Waals surface area contributed by atoms with Gasteiger partial charge in [-0.25, -0.2) is 23.2 Å². The summed E-state index contributed by atoms with van der Waals surface area (Å²) in [5.41, 5.74) is 12.1. The minimum atomic E-state index is -3.82. The van der Waals surface area contributed by atoms with E-state index in [2.05, 4.69) is 25.3 Å². The Kier molecular flexibility index (Phi) is 7.47. The predicted octanol–water partition coefficient (Wildman–Crippen LogP) is -0.402. The molecule has 0 unspecified atom stereocenters. The molecule has 0 saturated heterocycles. The van der Waals surface area contributed by atoms with Gasteiger partial charge in [0.25, 0.3) is 5.91 Å². The molecule has 190 valence electrons. The summed E-state index contributed by atoms with van der Waals surface area (Å²) in [4.78, 5) is 50.6. The Morgan fingerprint density at radius 3 is 2.33 bits per heavy atom. The molecule has 15 nitrogen and oxygen atoms in total. The van der Waals surface area contributed by atoms with Crippen molar-refractivity contribution in [1.29, 1.82) is 0 Å². The third-order valence-electron chi connectivity index (χ3n) is 4.87. The van der Waals surface area contributed by atoms with Crippen LogP contribution in [-0.4, -0.2) is 68.7 Å². The highest BCUT2D eigenvalue weighted by Crippen LogP contribution is 2.22. The molecule has 0 bridgehead atoms. The number of rotatable bonds is 10. The Bertz CT molecular complexity index is 1430. The highest BCUT2D eigenvalue weighted by Gasteiger charge is 2.23. The van der Waals surface area contributed by atoms with Gasteiger partial charge in [-0.3, -0.25) is 13.9 Å². The van der Waals surface area contributed by atoms with Crippen molar-refractivity contribution >= 4 is 56.5 Å². The average molecular weight is 519 g/mol. The molecule has 0 aliphatic carbocycles. The lowest BCUT2D eigenvalue weighted by atomic mass is 10.1. The Balaban J connectivity index is 1.82. The van der Waals surface area contributed by atoms with Gasteiger partial charge in [0.05, 0.1) is 30.4 Å². The minimum Gasteiger partial charge on any atom is -0.481 e. The van der Waals surface area contributed by atoms with E-state index < -0.39 is 40.3 Å². The molecule has 0 aliphatic heterocycles. The summed E-state index contributed by atoms with van der Waals surface area (Å²) in [5.74, 6) is -3.44. The molecule has 0 fully saturated rings. The number of nitrogens with zero attached hydrogens (tertiary/aromatic N) is 5. The molecule has 36 heavy (non-hydrogen) atoms. The fourth-order valence-electron chi connectivity index (χ4n) is 3.15. The predicted molar refractivity (Wildman–Crippen MR) is 127 cm³/mol. The van der Waals surface area contributed by atoms with Crippen LogP contribution in [0.15, 0.2) is 30.5 Å². The molecule has 7 N–H and O–H groups in total. The van der Waals surface area contributed by atoms with E-state index in [1.54, 1.807) is 0 Å². The van der Waals surface area contributed by atoms with E-state index in [9.17, 15) is 27.9 Å². The summed E-state index contributed by atoms with van der Waals surface area (Å²) >= 11 is 0. The summed E-state index contributed by atoms with van der Waals surface area (Å²) in [6.07, 6.45) is 1.56. The van der Waals surface area contributed by atoms with E-state index in [0.29, 0.717) is 0 Å². The van der Waals surface area contributed by atoms with Crippen LogP contribution in [0.2, 0.25) is 0 Å². The van der Waals surface area contributed by atoms with Crippen molar-refractivity contribution in [2.75, 3.05) is 22.0 Å². The van der Waals surface area contributed by atoms with Gasteiger partial charge in [-0.05, 0) is 30.7 Å². The molecular weight excluding hydrogens is 496 g/mol. The van der Waals surface area contributed by atoms with Gasteiger partial charge >= 0.3 is 11.9 Å². The first-order valence-corrected chi connectivity index (χ1v) is 12.1. The number of anilines is 3. The number of nitrogens with one attached hydrogen (secondary N) is 1. The number of carbonyl (C=O) groups is 3. The number of sulfonamides is 1. The molecule has 0 aliphatic rings. The van der Waals surface area contributed by atoms with Crippen LogP contribution < -0.4 is 21.1 Å². The van der Waals surface area contributed by atoms with Crippen LogP contribution in [0.5, 0.6) is 0 Å². The van der Waals surface area contributed by atoms with Crippen molar-refractivity contribution in [3.8, 4) is 0 Å². The SMILES string of the molecule is CS(=O)(=O)N(Cc1cnc2nc(N)nc(N)c2n1)c1ccc(C(=O)N[C@@H](CCC(=O)O)C(=O)O)cc1. The van der Waals surface area contributed by atoms with Crippen molar-refractivity contribution in [2.45, 2.75) is 25.4 Å². The Labute approximate surface area is 204 Å². The molecule has 2 aromatic heterocycles. The lowest BCUT2D eigenvalue weighted by molar-refractivity contribution is -0.140. The van der Waals surface area contributed by atoms with Gasteiger partial charge in [0, 0.05) is 12.0 Å². The Morgan fingerprint density at radius 1 is 1.08 bits per heavy atom. The highest BCUT2D eigenvalue weighted by molar-refractivity contribution is 7.92. The third-order valence-corrected chi connectivity index (χ3v) is 6.02. The van der Waals surface area contributed by atoms with E-state index in [-0.39, 0.29) is 52.8 Å². The molecule has 1 aromatic carbocycles. The van der Waals surface area contributed by atoms with Crippen LogP contribution in [0, 0.1) is 0 Å². The maximum atomic E-state index is 12.5. The van der Waals surface area contributed by atoms with Gasteiger partial charge in [-0.2, -0.15) is 9.97 Å². The van der Waals surface area contributed by atoms with Crippen molar-refractivity contribution in [3.63, 3.8) is 0 Å². The van der Waals surface area contributed by atoms with E-state index >= 15 is 0 Å². The molecule has 3 rings (SSSR count). The second kappa shape index (κ2) is 10.3. The summed E-state index contributed by atoms with van der Waals surface area (Å²) < 4.78 is 26.0. The Morgan fingerprint density at radius 2 is 1.75 bits per heavy atom. The second-order valence-electron chi connectivity index (χ2n) is 7.61. The second-order valence-corrected chi connectivity index (χ2v) is 9.52. The van der Waals surface area contributed by atoms with Crippen molar-refractivity contribution in [3.05, 3.63) is 41.7 Å². The number of nitrogen functional groups attached to an aromatic ring is 2. The Hall–Kier alpha value is -4.60.